The standard InChI is InChI=1S/C17H20N6O2/c1-23(13-6-3-2-4-7-13)10-9-18-17(24)19-12-15-20-16(22-21-15)14-8-5-11-25-14/h2-8,11H,9-10,12H2,1H3,(H2,18,19,24)(H,20,21,22). The molecule has 3 aromatic rings. The van der Waals surface area contributed by atoms with Crippen LogP contribution in [-0.4, -0.2) is 41.3 Å². The molecule has 2 aromatic heterocycles. The molecule has 0 fully saturated rings. The average Bonchev–Trinajstić information content (AvgIpc) is 3.32. The fourth-order valence-corrected chi connectivity index (χ4v) is 2.27. The van der Waals surface area contributed by atoms with Gasteiger partial charge in [-0.25, -0.2) is 9.78 Å². The van der Waals surface area contributed by atoms with Crippen molar-refractivity contribution in [3.05, 3.63) is 54.6 Å². The average molecular weight is 340 g/mol. The van der Waals surface area contributed by atoms with Crippen LogP contribution in [0.5, 0.6) is 0 Å². The summed E-state index contributed by atoms with van der Waals surface area (Å²) in [6.45, 7) is 1.50. The number of anilines is 1. The third-order valence-corrected chi connectivity index (χ3v) is 3.62. The van der Waals surface area contributed by atoms with Gasteiger partial charge in [-0.2, -0.15) is 0 Å². The summed E-state index contributed by atoms with van der Waals surface area (Å²) in [6, 6.07) is 13.3. The number of amides is 2. The van der Waals surface area contributed by atoms with Crippen LogP contribution in [0.25, 0.3) is 11.6 Å². The van der Waals surface area contributed by atoms with E-state index in [0.29, 0.717) is 30.5 Å². The van der Waals surface area contributed by atoms with Crippen molar-refractivity contribution in [3.63, 3.8) is 0 Å². The van der Waals surface area contributed by atoms with Crippen molar-refractivity contribution < 1.29 is 9.21 Å². The molecular formula is C17H20N6O2. The number of carbonyl (C=O) groups excluding carboxylic acids is 1. The van der Waals surface area contributed by atoms with Crippen LogP contribution < -0.4 is 15.5 Å². The highest BCUT2D eigenvalue weighted by Crippen LogP contribution is 2.14. The van der Waals surface area contributed by atoms with E-state index < -0.39 is 0 Å². The molecule has 0 aliphatic rings. The van der Waals surface area contributed by atoms with Crippen LogP contribution in [0.15, 0.2) is 53.1 Å². The van der Waals surface area contributed by atoms with Crippen molar-refractivity contribution in [3.8, 4) is 11.6 Å². The van der Waals surface area contributed by atoms with Crippen LogP contribution in [0.4, 0.5) is 10.5 Å². The van der Waals surface area contributed by atoms with E-state index in [4.69, 9.17) is 4.42 Å². The monoisotopic (exact) mass is 340 g/mol. The zero-order valence-electron chi connectivity index (χ0n) is 13.9. The molecule has 8 heteroatoms. The quantitative estimate of drug-likeness (QED) is 0.611. The highest BCUT2D eigenvalue weighted by Gasteiger charge is 2.09. The first kappa shape index (κ1) is 16.6. The summed E-state index contributed by atoms with van der Waals surface area (Å²) < 4.78 is 5.22. The number of likely N-dealkylation sites (N-methyl/N-ethyl adjacent to an activating group) is 1. The highest BCUT2D eigenvalue weighted by molar-refractivity contribution is 5.73. The molecule has 25 heavy (non-hydrogen) atoms. The van der Waals surface area contributed by atoms with E-state index in [1.54, 1.807) is 18.4 Å². The number of hydrogen-bond acceptors (Lipinski definition) is 5. The Labute approximate surface area is 145 Å². The molecule has 8 nitrogen and oxygen atoms in total. The Balaban J connectivity index is 1.38. The van der Waals surface area contributed by atoms with Crippen molar-refractivity contribution in [2.75, 3.05) is 25.0 Å². The Kier molecular flexibility index (Phi) is 5.30. The second-order valence-electron chi connectivity index (χ2n) is 5.45. The molecule has 0 aliphatic carbocycles. The Morgan fingerprint density at radius 1 is 1.20 bits per heavy atom. The predicted molar refractivity (Wildman–Crippen MR) is 94.0 cm³/mol. The smallest absolute Gasteiger partial charge is 0.315 e. The predicted octanol–water partition coefficient (Wildman–Crippen LogP) is 2.00. The summed E-state index contributed by atoms with van der Waals surface area (Å²) in [7, 11) is 1.99. The van der Waals surface area contributed by atoms with Crippen molar-refractivity contribution in [1.82, 2.24) is 25.8 Å². The number of hydrogen-bond donors (Lipinski definition) is 3. The molecule has 0 saturated carbocycles. The van der Waals surface area contributed by atoms with Gasteiger partial charge in [0.1, 0.15) is 5.82 Å². The number of nitrogens with zero attached hydrogens (tertiary/aromatic N) is 3. The molecule has 0 spiro atoms. The van der Waals surface area contributed by atoms with Gasteiger partial charge in [0.25, 0.3) is 0 Å². The lowest BCUT2D eigenvalue weighted by Crippen LogP contribution is -2.39. The van der Waals surface area contributed by atoms with Crippen molar-refractivity contribution in [2.45, 2.75) is 6.54 Å². The van der Waals surface area contributed by atoms with Gasteiger partial charge in [0.15, 0.2) is 5.76 Å². The van der Waals surface area contributed by atoms with Crippen LogP contribution in [0.2, 0.25) is 0 Å². The molecule has 0 atom stereocenters. The molecule has 2 amide bonds. The Morgan fingerprint density at radius 3 is 2.80 bits per heavy atom. The lowest BCUT2D eigenvalue weighted by molar-refractivity contribution is 0.240. The van der Waals surface area contributed by atoms with Crippen molar-refractivity contribution in [2.24, 2.45) is 0 Å². The molecule has 0 unspecified atom stereocenters. The molecular weight excluding hydrogens is 320 g/mol. The Hall–Kier alpha value is -3.29. The van der Waals surface area contributed by atoms with Crippen LogP contribution in [0.3, 0.4) is 0 Å². The van der Waals surface area contributed by atoms with E-state index in [-0.39, 0.29) is 12.6 Å². The molecule has 3 rings (SSSR count). The first-order valence-corrected chi connectivity index (χ1v) is 7.95. The Bertz CT molecular complexity index is 785. The number of para-hydroxylation sites is 1. The summed E-state index contributed by atoms with van der Waals surface area (Å²) in [6.07, 6.45) is 1.56. The van der Waals surface area contributed by atoms with Gasteiger partial charge in [-0.05, 0) is 24.3 Å². The molecule has 3 N–H and O–H groups in total. The normalized spacial score (nSPS) is 10.4. The van der Waals surface area contributed by atoms with Crippen LogP contribution >= 0.6 is 0 Å². The van der Waals surface area contributed by atoms with Crippen LogP contribution in [0, 0.1) is 0 Å². The maximum Gasteiger partial charge on any atom is 0.315 e. The zero-order valence-corrected chi connectivity index (χ0v) is 13.9. The summed E-state index contributed by atoms with van der Waals surface area (Å²) >= 11 is 0. The lowest BCUT2D eigenvalue weighted by Gasteiger charge is -2.19. The zero-order chi connectivity index (χ0) is 17.5. The fraction of sp³-hybridized carbons (Fsp3) is 0.235. The highest BCUT2D eigenvalue weighted by atomic mass is 16.3. The number of furan rings is 1. The van der Waals surface area contributed by atoms with Gasteiger partial charge in [0.05, 0.1) is 12.8 Å². The third kappa shape index (κ3) is 4.60. The number of aromatic amines is 1. The summed E-state index contributed by atoms with van der Waals surface area (Å²) in [5.74, 6) is 1.60. The lowest BCUT2D eigenvalue weighted by atomic mass is 10.3. The van der Waals surface area contributed by atoms with Gasteiger partial charge >= 0.3 is 6.03 Å². The molecule has 1 aromatic carbocycles. The summed E-state index contributed by atoms with van der Waals surface area (Å²) in [5.41, 5.74) is 1.11. The van der Waals surface area contributed by atoms with Gasteiger partial charge in [-0.3, -0.25) is 5.10 Å². The molecule has 130 valence electrons. The molecule has 0 saturated heterocycles. The second kappa shape index (κ2) is 8.00. The third-order valence-electron chi connectivity index (χ3n) is 3.62. The van der Waals surface area contributed by atoms with Gasteiger partial charge in [-0.1, -0.05) is 18.2 Å². The first-order valence-electron chi connectivity index (χ1n) is 7.95. The minimum Gasteiger partial charge on any atom is -0.461 e. The van der Waals surface area contributed by atoms with Gasteiger partial charge in [0.2, 0.25) is 5.82 Å². The minimum atomic E-state index is -0.252. The van der Waals surface area contributed by atoms with Crippen molar-refractivity contribution >= 4 is 11.7 Å². The first-order chi connectivity index (χ1) is 12.2. The Morgan fingerprint density at radius 2 is 2.04 bits per heavy atom. The SMILES string of the molecule is CN(CCNC(=O)NCc1nc(-c2ccco2)n[nH]1)c1ccccc1. The van der Waals surface area contributed by atoms with E-state index in [1.165, 1.54) is 0 Å². The number of carbonyl (C=O) groups is 1. The van der Waals surface area contributed by atoms with Gasteiger partial charge in [0, 0.05) is 25.8 Å². The van der Waals surface area contributed by atoms with E-state index in [9.17, 15) is 4.79 Å². The molecule has 2 heterocycles. The number of rotatable bonds is 7. The number of urea groups is 1. The molecule has 0 aliphatic heterocycles. The fourth-order valence-electron chi connectivity index (χ4n) is 2.27. The molecule has 0 bridgehead atoms. The van der Waals surface area contributed by atoms with E-state index in [2.05, 4.69) is 30.7 Å². The van der Waals surface area contributed by atoms with Gasteiger partial charge in [-0.15, -0.1) is 5.10 Å². The van der Waals surface area contributed by atoms with E-state index >= 15 is 0 Å². The largest absolute Gasteiger partial charge is 0.461 e. The second-order valence-corrected chi connectivity index (χ2v) is 5.45. The van der Waals surface area contributed by atoms with Crippen LogP contribution in [0.1, 0.15) is 5.82 Å². The minimum absolute atomic E-state index is 0.252. The summed E-state index contributed by atoms with van der Waals surface area (Å²) in [5, 5.41) is 12.4. The van der Waals surface area contributed by atoms with E-state index in [0.717, 1.165) is 5.69 Å². The number of benzene rings is 1. The van der Waals surface area contributed by atoms with Crippen molar-refractivity contribution in [1.29, 1.82) is 0 Å². The summed E-state index contributed by atoms with van der Waals surface area (Å²) in [4.78, 5) is 18.2. The number of H-pyrrole nitrogens is 1. The van der Waals surface area contributed by atoms with Crippen LogP contribution in [-0.2, 0) is 6.54 Å². The topological polar surface area (TPSA) is 99.1 Å². The van der Waals surface area contributed by atoms with Gasteiger partial charge < -0.3 is 20.0 Å². The maximum atomic E-state index is 11.8. The van der Waals surface area contributed by atoms with E-state index in [1.807, 2.05) is 37.4 Å². The molecule has 0 radical (unpaired) electrons. The number of nitrogens with one attached hydrogen (secondary N) is 3. The number of aromatic nitrogens is 3. The maximum absolute atomic E-state index is 11.8.